The van der Waals surface area contributed by atoms with E-state index in [9.17, 15) is 14.4 Å². The molecule has 0 aliphatic carbocycles. The summed E-state index contributed by atoms with van der Waals surface area (Å²) in [6, 6.07) is 0.982. The standard InChI is InChI=1S/C16H23ClN4O5/c1-25-12-8-21(6-4-13(22)26-2)5-3-11(12)19-15(23)9-7-10(17)14(18)20-16(9)24/h7,11-12H,3-6,8H2,1-2H3,(H,19,23)(H3,18,20,24). The first-order valence-corrected chi connectivity index (χ1v) is 8.54. The molecule has 1 fully saturated rings. The molecule has 9 nitrogen and oxygen atoms in total. The van der Waals surface area contributed by atoms with Gasteiger partial charge in [-0.25, -0.2) is 0 Å². The molecule has 0 aromatic carbocycles. The van der Waals surface area contributed by atoms with Gasteiger partial charge in [0.1, 0.15) is 11.4 Å². The monoisotopic (exact) mass is 386 g/mol. The number of likely N-dealkylation sites (tertiary alicyclic amines) is 1. The summed E-state index contributed by atoms with van der Waals surface area (Å²) in [5.74, 6) is -0.793. The predicted molar refractivity (Wildman–Crippen MR) is 96.2 cm³/mol. The zero-order chi connectivity index (χ0) is 19.3. The molecule has 0 spiro atoms. The van der Waals surface area contributed by atoms with Crippen LogP contribution in [0, 0.1) is 0 Å². The largest absolute Gasteiger partial charge is 0.469 e. The van der Waals surface area contributed by atoms with Crippen molar-refractivity contribution in [3.8, 4) is 0 Å². The average molecular weight is 387 g/mol. The molecule has 1 amide bonds. The summed E-state index contributed by atoms with van der Waals surface area (Å²) in [7, 11) is 2.91. The van der Waals surface area contributed by atoms with Gasteiger partial charge in [0.05, 0.1) is 30.7 Å². The molecule has 4 N–H and O–H groups in total. The summed E-state index contributed by atoms with van der Waals surface area (Å²) in [6.45, 7) is 1.79. The zero-order valence-corrected chi connectivity index (χ0v) is 15.5. The lowest BCUT2D eigenvalue weighted by Gasteiger charge is -2.37. The lowest BCUT2D eigenvalue weighted by Crippen LogP contribution is -2.55. The first-order valence-electron chi connectivity index (χ1n) is 8.16. The van der Waals surface area contributed by atoms with E-state index in [4.69, 9.17) is 22.1 Å². The summed E-state index contributed by atoms with van der Waals surface area (Å²) in [6.07, 6.45) is 0.642. The maximum Gasteiger partial charge on any atom is 0.306 e. The number of pyridine rings is 1. The number of H-pyrrole nitrogens is 1. The van der Waals surface area contributed by atoms with Crippen LogP contribution < -0.4 is 16.6 Å². The molecule has 0 radical (unpaired) electrons. The molecule has 144 valence electrons. The maximum absolute atomic E-state index is 12.4. The third kappa shape index (κ3) is 4.96. The number of nitrogens with two attached hydrogens (primary N) is 1. The number of hydrogen-bond acceptors (Lipinski definition) is 7. The van der Waals surface area contributed by atoms with Gasteiger partial charge in [-0.2, -0.15) is 0 Å². The Labute approximate surface area is 155 Å². The second kappa shape index (κ2) is 9.02. The van der Waals surface area contributed by atoms with Crippen LogP contribution in [0.5, 0.6) is 0 Å². The Balaban J connectivity index is 1.99. The molecule has 2 unspecified atom stereocenters. The number of aromatic amines is 1. The summed E-state index contributed by atoms with van der Waals surface area (Å²) in [5.41, 5.74) is 4.81. The van der Waals surface area contributed by atoms with Gasteiger partial charge in [0.15, 0.2) is 0 Å². The molecule has 26 heavy (non-hydrogen) atoms. The molecule has 2 heterocycles. The van der Waals surface area contributed by atoms with E-state index in [1.807, 2.05) is 0 Å². The number of carbonyl (C=O) groups excluding carboxylic acids is 2. The van der Waals surface area contributed by atoms with Gasteiger partial charge in [0, 0.05) is 26.7 Å². The molecular formula is C16H23ClN4O5. The van der Waals surface area contributed by atoms with Crippen molar-refractivity contribution in [3.63, 3.8) is 0 Å². The van der Waals surface area contributed by atoms with Crippen molar-refractivity contribution in [2.24, 2.45) is 0 Å². The predicted octanol–water partition coefficient (Wildman–Crippen LogP) is -0.00730. The fraction of sp³-hybridized carbons (Fsp3) is 0.562. The first kappa shape index (κ1) is 20.2. The van der Waals surface area contributed by atoms with Gasteiger partial charge in [0.25, 0.3) is 11.5 Å². The van der Waals surface area contributed by atoms with E-state index in [1.165, 1.54) is 13.2 Å². The number of anilines is 1. The number of ether oxygens (including phenoxy) is 2. The van der Waals surface area contributed by atoms with Crippen LogP contribution in [0.2, 0.25) is 5.02 Å². The first-order chi connectivity index (χ1) is 12.3. The van der Waals surface area contributed by atoms with E-state index >= 15 is 0 Å². The lowest BCUT2D eigenvalue weighted by atomic mass is 10.0. The third-order valence-electron chi connectivity index (χ3n) is 4.39. The van der Waals surface area contributed by atoms with Gasteiger partial charge in [-0.3, -0.25) is 14.4 Å². The van der Waals surface area contributed by atoms with Crippen LogP contribution in [0.4, 0.5) is 5.82 Å². The summed E-state index contributed by atoms with van der Waals surface area (Å²) < 4.78 is 10.1. The normalized spacial score (nSPS) is 20.6. The van der Waals surface area contributed by atoms with Crippen molar-refractivity contribution < 1.29 is 19.1 Å². The smallest absolute Gasteiger partial charge is 0.306 e. The minimum absolute atomic E-state index is 0.0156. The zero-order valence-electron chi connectivity index (χ0n) is 14.7. The van der Waals surface area contributed by atoms with E-state index in [2.05, 4.69) is 19.9 Å². The number of esters is 1. The van der Waals surface area contributed by atoms with Crippen molar-refractivity contribution in [3.05, 3.63) is 27.0 Å². The molecule has 1 aromatic rings. The number of nitrogens with zero attached hydrogens (tertiary/aromatic N) is 1. The molecule has 10 heteroatoms. The van der Waals surface area contributed by atoms with Crippen molar-refractivity contribution in [2.45, 2.75) is 25.0 Å². The Morgan fingerprint density at radius 3 is 2.85 bits per heavy atom. The number of methoxy groups -OCH3 is 2. The van der Waals surface area contributed by atoms with Crippen molar-refractivity contribution in [1.29, 1.82) is 0 Å². The molecule has 0 bridgehead atoms. The van der Waals surface area contributed by atoms with Crippen LogP contribution in [0.15, 0.2) is 10.9 Å². The van der Waals surface area contributed by atoms with E-state index < -0.39 is 11.5 Å². The van der Waals surface area contributed by atoms with Gasteiger partial charge in [-0.1, -0.05) is 11.6 Å². The number of piperidine rings is 1. The Hall–Kier alpha value is -2.10. The van der Waals surface area contributed by atoms with E-state index in [0.29, 0.717) is 32.5 Å². The molecule has 1 saturated heterocycles. The second-order valence-corrected chi connectivity index (χ2v) is 6.45. The number of halogens is 1. The number of nitrogen functional groups attached to an aromatic ring is 1. The minimum atomic E-state index is -0.603. The fourth-order valence-electron chi connectivity index (χ4n) is 2.87. The van der Waals surface area contributed by atoms with Crippen LogP contribution in [0.1, 0.15) is 23.2 Å². The number of carbonyl (C=O) groups is 2. The van der Waals surface area contributed by atoms with Gasteiger partial charge in [-0.15, -0.1) is 0 Å². The van der Waals surface area contributed by atoms with Crippen molar-refractivity contribution in [2.75, 3.05) is 39.6 Å². The summed E-state index contributed by atoms with van der Waals surface area (Å²) in [4.78, 5) is 40.0. The van der Waals surface area contributed by atoms with Gasteiger partial charge < -0.3 is 30.4 Å². The SMILES string of the molecule is COC(=O)CCN1CCC(NC(=O)c2cc(Cl)c(N)[nH]c2=O)C(OC)C1. The van der Waals surface area contributed by atoms with Crippen LogP contribution >= 0.6 is 11.6 Å². The van der Waals surface area contributed by atoms with Crippen LogP contribution in [0.3, 0.4) is 0 Å². The Morgan fingerprint density at radius 2 is 2.19 bits per heavy atom. The highest BCUT2D eigenvalue weighted by Gasteiger charge is 2.31. The molecule has 1 aliphatic heterocycles. The molecule has 0 saturated carbocycles. The van der Waals surface area contributed by atoms with Crippen LogP contribution in [-0.4, -0.2) is 67.8 Å². The van der Waals surface area contributed by atoms with Gasteiger partial charge in [0.2, 0.25) is 0 Å². The second-order valence-electron chi connectivity index (χ2n) is 6.04. The quantitative estimate of drug-likeness (QED) is 0.587. The Morgan fingerprint density at radius 1 is 1.46 bits per heavy atom. The van der Waals surface area contributed by atoms with E-state index in [-0.39, 0.29) is 34.5 Å². The molecule has 1 aliphatic rings. The molecule has 2 rings (SSSR count). The number of nitrogens with one attached hydrogen (secondary N) is 2. The highest BCUT2D eigenvalue weighted by molar-refractivity contribution is 6.33. The maximum atomic E-state index is 12.4. The van der Waals surface area contributed by atoms with E-state index in [0.717, 1.165) is 0 Å². The molecular weight excluding hydrogens is 364 g/mol. The topological polar surface area (TPSA) is 127 Å². The summed E-state index contributed by atoms with van der Waals surface area (Å²) >= 11 is 5.88. The molecule has 2 atom stereocenters. The number of hydrogen-bond donors (Lipinski definition) is 3. The van der Waals surface area contributed by atoms with Crippen molar-refractivity contribution in [1.82, 2.24) is 15.2 Å². The summed E-state index contributed by atoms with van der Waals surface area (Å²) in [5, 5.41) is 2.93. The number of amides is 1. The van der Waals surface area contributed by atoms with Crippen LogP contribution in [0.25, 0.3) is 0 Å². The number of rotatable bonds is 6. The van der Waals surface area contributed by atoms with Gasteiger partial charge in [-0.05, 0) is 12.5 Å². The fourth-order valence-corrected chi connectivity index (χ4v) is 3.03. The van der Waals surface area contributed by atoms with Crippen LogP contribution in [-0.2, 0) is 14.3 Å². The Bertz CT molecular complexity index is 723. The highest BCUT2D eigenvalue weighted by Crippen LogP contribution is 2.17. The number of aromatic nitrogens is 1. The Kier molecular flexibility index (Phi) is 7.01. The third-order valence-corrected chi connectivity index (χ3v) is 4.70. The minimum Gasteiger partial charge on any atom is -0.469 e. The average Bonchev–Trinajstić information content (AvgIpc) is 2.63. The van der Waals surface area contributed by atoms with E-state index in [1.54, 1.807) is 7.11 Å². The molecule has 1 aromatic heterocycles. The highest BCUT2D eigenvalue weighted by atomic mass is 35.5. The lowest BCUT2D eigenvalue weighted by molar-refractivity contribution is -0.141. The van der Waals surface area contributed by atoms with Crippen molar-refractivity contribution >= 4 is 29.3 Å². The van der Waals surface area contributed by atoms with Gasteiger partial charge >= 0.3 is 5.97 Å².